The van der Waals surface area contributed by atoms with Crippen molar-refractivity contribution in [3.63, 3.8) is 0 Å². The van der Waals surface area contributed by atoms with E-state index in [9.17, 15) is 0 Å². The molecule has 0 aliphatic heterocycles. The Morgan fingerprint density at radius 2 is 1.62 bits per heavy atom. The van der Waals surface area contributed by atoms with Crippen molar-refractivity contribution in [3.05, 3.63) is 81.7 Å². The van der Waals surface area contributed by atoms with Gasteiger partial charge in [0.1, 0.15) is 0 Å². The first-order chi connectivity index (χ1) is 15.4. The summed E-state index contributed by atoms with van der Waals surface area (Å²) in [6.45, 7) is 8.61. The fourth-order valence-corrected chi connectivity index (χ4v) is 5.93. The molecule has 0 aliphatic rings. The zero-order chi connectivity index (χ0) is 22.4. The lowest BCUT2D eigenvalue weighted by molar-refractivity contribution is 0.872. The topological polar surface area (TPSA) is 35.6 Å². The van der Waals surface area contributed by atoms with Gasteiger partial charge in [-0.1, -0.05) is 47.7 Å². The molecule has 3 aromatic heterocycles. The second-order valence-corrected chi connectivity index (χ2v) is 10.3. The summed E-state index contributed by atoms with van der Waals surface area (Å²) >= 11 is 3.50. The van der Waals surface area contributed by atoms with E-state index < -0.39 is 0 Å². The number of aryl methyl sites for hydroxylation is 5. The summed E-state index contributed by atoms with van der Waals surface area (Å²) in [6, 6.07) is 17.6. The Morgan fingerprint density at radius 1 is 0.875 bits per heavy atom. The van der Waals surface area contributed by atoms with E-state index in [-0.39, 0.29) is 0 Å². The van der Waals surface area contributed by atoms with Gasteiger partial charge in [0.2, 0.25) is 0 Å². The van der Waals surface area contributed by atoms with Crippen LogP contribution < -0.4 is 0 Å². The lowest BCUT2D eigenvalue weighted by Gasteiger charge is -2.14. The third-order valence-corrected chi connectivity index (χ3v) is 7.82. The van der Waals surface area contributed by atoms with E-state index in [1.54, 1.807) is 23.1 Å². The Balaban J connectivity index is 1.64. The molecular weight excluding hydrogens is 432 g/mol. The van der Waals surface area contributed by atoms with E-state index in [1.807, 2.05) is 0 Å². The smallest absolute Gasteiger partial charge is 0.196 e. The maximum absolute atomic E-state index is 4.70. The molecule has 5 aromatic rings. The first kappa shape index (κ1) is 21.0. The van der Waals surface area contributed by atoms with E-state index in [0.717, 1.165) is 28.1 Å². The van der Waals surface area contributed by atoms with E-state index in [0.29, 0.717) is 0 Å². The van der Waals surface area contributed by atoms with Gasteiger partial charge in [-0.25, -0.2) is 0 Å². The first-order valence-electron chi connectivity index (χ1n) is 10.7. The lowest BCUT2D eigenvalue weighted by Crippen LogP contribution is -2.04. The summed E-state index contributed by atoms with van der Waals surface area (Å²) in [6.07, 6.45) is 0. The van der Waals surface area contributed by atoms with E-state index in [1.165, 1.54) is 38.0 Å². The van der Waals surface area contributed by atoms with Crippen LogP contribution in [-0.2, 0) is 12.8 Å². The van der Waals surface area contributed by atoms with Crippen LogP contribution in [0.5, 0.6) is 0 Å². The molecular formula is C26H26N4S2. The molecule has 0 unspecified atom stereocenters. The molecule has 0 bridgehead atoms. The van der Waals surface area contributed by atoms with Crippen LogP contribution in [0.1, 0.15) is 27.8 Å². The number of thiophene rings is 1. The number of hydrogen-bond acceptors (Lipinski definition) is 4. The van der Waals surface area contributed by atoms with Crippen molar-refractivity contribution < 1.29 is 0 Å². The summed E-state index contributed by atoms with van der Waals surface area (Å²) in [5, 5.41) is 12.4. The van der Waals surface area contributed by atoms with Crippen LogP contribution in [0.2, 0.25) is 0 Å². The van der Waals surface area contributed by atoms with E-state index >= 15 is 0 Å². The predicted octanol–water partition coefficient (Wildman–Crippen LogP) is 7.01. The number of benzene rings is 2. The summed E-state index contributed by atoms with van der Waals surface area (Å²) in [5.41, 5.74) is 9.81. The zero-order valence-corrected chi connectivity index (χ0v) is 20.6. The Kier molecular flexibility index (Phi) is 5.43. The maximum atomic E-state index is 4.70. The highest BCUT2D eigenvalue weighted by Crippen LogP contribution is 2.35. The average molecular weight is 459 g/mol. The Morgan fingerprint density at radius 3 is 2.41 bits per heavy atom. The predicted molar refractivity (Wildman–Crippen MR) is 136 cm³/mol. The van der Waals surface area contributed by atoms with Crippen molar-refractivity contribution in [1.82, 2.24) is 19.3 Å². The third kappa shape index (κ3) is 3.67. The molecule has 162 valence electrons. The number of fused-ring (bicyclic) bond motifs is 1. The highest BCUT2D eigenvalue weighted by Gasteiger charge is 2.21. The SMILES string of the molecule is Cc1ccc(C)c(CSc2nnc(-c3cc4sccc4n3C)n2-c2cc(C)ccc2C)c1. The summed E-state index contributed by atoms with van der Waals surface area (Å²) < 4.78 is 5.72. The van der Waals surface area contributed by atoms with Gasteiger partial charge in [-0.3, -0.25) is 4.57 Å². The fourth-order valence-electron chi connectivity index (χ4n) is 4.07. The molecule has 0 atom stereocenters. The molecule has 6 heteroatoms. The van der Waals surface area contributed by atoms with E-state index in [4.69, 9.17) is 5.10 Å². The maximum Gasteiger partial charge on any atom is 0.196 e. The number of thioether (sulfide) groups is 1. The van der Waals surface area contributed by atoms with Gasteiger partial charge in [-0.2, -0.15) is 0 Å². The van der Waals surface area contributed by atoms with Crippen LogP contribution in [0.3, 0.4) is 0 Å². The van der Waals surface area contributed by atoms with Crippen molar-refractivity contribution in [2.45, 2.75) is 38.6 Å². The minimum absolute atomic E-state index is 0.860. The van der Waals surface area contributed by atoms with Crippen LogP contribution in [0, 0.1) is 27.7 Å². The molecule has 3 heterocycles. The highest BCUT2D eigenvalue weighted by atomic mass is 32.2. The van der Waals surface area contributed by atoms with Gasteiger partial charge in [0.05, 0.1) is 21.6 Å². The van der Waals surface area contributed by atoms with E-state index in [2.05, 4.69) is 103 Å². The van der Waals surface area contributed by atoms with Gasteiger partial charge >= 0.3 is 0 Å². The fraction of sp³-hybridized carbons (Fsp3) is 0.231. The summed E-state index contributed by atoms with van der Waals surface area (Å²) in [4.78, 5) is 0. The summed E-state index contributed by atoms with van der Waals surface area (Å²) in [7, 11) is 2.11. The largest absolute Gasteiger partial charge is 0.340 e. The highest BCUT2D eigenvalue weighted by molar-refractivity contribution is 7.98. The van der Waals surface area contributed by atoms with Crippen molar-refractivity contribution in [1.29, 1.82) is 0 Å². The molecule has 0 saturated heterocycles. The molecule has 0 fully saturated rings. The second-order valence-electron chi connectivity index (χ2n) is 8.41. The second kappa shape index (κ2) is 8.26. The van der Waals surface area contributed by atoms with Crippen LogP contribution >= 0.6 is 23.1 Å². The average Bonchev–Trinajstić information content (AvgIpc) is 3.47. The van der Waals surface area contributed by atoms with Crippen LogP contribution in [0.25, 0.3) is 27.4 Å². The molecule has 0 saturated carbocycles. The minimum atomic E-state index is 0.860. The monoisotopic (exact) mass is 458 g/mol. The number of hydrogen-bond donors (Lipinski definition) is 0. The number of aromatic nitrogens is 4. The summed E-state index contributed by atoms with van der Waals surface area (Å²) in [5.74, 6) is 1.74. The molecule has 32 heavy (non-hydrogen) atoms. The van der Waals surface area contributed by atoms with Gasteiger partial charge in [-0.15, -0.1) is 21.5 Å². The molecule has 0 radical (unpaired) electrons. The van der Waals surface area contributed by atoms with Gasteiger partial charge in [0.15, 0.2) is 11.0 Å². The lowest BCUT2D eigenvalue weighted by atomic mass is 10.1. The standard InChI is InChI=1S/C26H26N4S2/c1-16-6-8-18(3)20(12-16)15-32-26-28-27-25(23-14-24-21(29(23)5)10-11-31-24)30(26)22-13-17(2)7-9-19(22)4/h6-14H,15H2,1-5H3. The van der Waals surface area contributed by atoms with Crippen LogP contribution in [0.15, 0.2) is 59.1 Å². The molecule has 4 nitrogen and oxygen atoms in total. The van der Waals surface area contributed by atoms with Gasteiger partial charge in [0.25, 0.3) is 0 Å². The van der Waals surface area contributed by atoms with Crippen molar-refractivity contribution >= 4 is 33.3 Å². The molecule has 0 aliphatic carbocycles. The number of nitrogens with zero attached hydrogens (tertiary/aromatic N) is 4. The van der Waals surface area contributed by atoms with Gasteiger partial charge in [-0.05, 0) is 73.5 Å². The molecule has 0 N–H and O–H groups in total. The van der Waals surface area contributed by atoms with Crippen LogP contribution in [-0.4, -0.2) is 19.3 Å². The van der Waals surface area contributed by atoms with Gasteiger partial charge < -0.3 is 4.57 Å². The minimum Gasteiger partial charge on any atom is -0.340 e. The van der Waals surface area contributed by atoms with Crippen molar-refractivity contribution in [3.8, 4) is 17.2 Å². The van der Waals surface area contributed by atoms with Crippen molar-refractivity contribution in [2.24, 2.45) is 7.05 Å². The molecule has 2 aromatic carbocycles. The third-order valence-electron chi connectivity index (χ3n) is 5.99. The van der Waals surface area contributed by atoms with Gasteiger partial charge in [0, 0.05) is 12.8 Å². The normalized spacial score (nSPS) is 11.5. The quantitative estimate of drug-likeness (QED) is 0.266. The molecule has 0 amide bonds. The molecule has 0 spiro atoms. The Bertz CT molecular complexity index is 1440. The zero-order valence-electron chi connectivity index (χ0n) is 19.0. The molecule has 5 rings (SSSR count). The Hall–Kier alpha value is -2.83. The van der Waals surface area contributed by atoms with Crippen molar-refractivity contribution in [2.75, 3.05) is 0 Å². The Labute approximate surface area is 196 Å². The number of rotatable bonds is 5. The van der Waals surface area contributed by atoms with Crippen LogP contribution in [0.4, 0.5) is 0 Å². The first-order valence-corrected chi connectivity index (χ1v) is 12.5.